The van der Waals surface area contributed by atoms with Crippen molar-refractivity contribution < 1.29 is 14.3 Å². The summed E-state index contributed by atoms with van der Waals surface area (Å²) in [7, 11) is 0. The molecule has 0 aliphatic heterocycles. The quantitative estimate of drug-likeness (QED) is 0.586. The lowest BCUT2D eigenvalue weighted by Gasteiger charge is -2.05. The lowest BCUT2D eigenvalue weighted by Crippen LogP contribution is -2.05. The van der Waals surface area contributed by atoms with Crippen molar-refractivity contribution in [2.75, 3.05) is 0 Å². The van der Waals surface area contributed by atoms with Crippen LogP contribution >= 0.6 is 0 Å². The third-order valence-electron chi connectivity index (χ3n) is 4.79. The summed E-state index contributed by atoms with van der Waals surface area (Å²) in [5.74, 6) is -0.825. The van der Waals surface area contributed by atoms with Crippen LogP contribution in [0.3, 0.4) is 0 Å². The van der Waals surface area contributed by atoms with Gasteiger partial charge in [-0.3, -0.25) is 0 Å². The number of aromatic carboxylic acids is 1. The second-order valence-corrected chi connectivity index (χ2v) is 6.71. The fourth-order valence-corrected chi connectivity index (χ4v) is 3.23. The molecule has 1 N–H and O–H groups in total. The van der Waals surface area contributed by atoms with E-state index in [4.69, 9.17) is 0 Å². The van der Waals surface area contributed by atoms with Gasteiger partial charge in [0.2, 0.25) is 0 Å². The number of pyridine rings is 1. The van der Waals surface area contributed by atoms with Gasteiger partial charge in [0.25, 0.3) is 5.95 Å². The number of nitrogens with zero attached hydrogens (tertiary/aromatic N) is 5. The maximum Gasteiger partial charge on any atom is 0.354 e. The predicted molar refractivity (Wildman–Crippen MR) is 98.8 cm³/mol. The zero-order valence-electron chi connectivity index (χ0n) is 14.6. The van der Waals surface area contributed by atoms with Crippen LogP contribution in [-0.4, -0.2) is 35.8 Å². The minimum absolute atomic E-state index is 0.0704. The van der Waals surface area contributed by atoms with E-state index in [1.807, 2.05) is 0 Å². The van der Waals surface area contributed by atoms with Crippen LogP contribution in [0.2, 0.25) is 0 Å². The molecule has 3 heterocycles. The average Bonchev–Trinajstić information content (AvgIpc) is 3.49. The fraction of sp³-hybridized carbons (Fsp3) is 0.150. The first kappa shape index (κ1) is 16.5. The summed E-state index contributed by atoms with van der Waals surface area (Å²) in [6.45, 7) is 0. The molecule has 8 heteroatoms. The Morgan fingerprint density at radius 2 is 1.86 bits per heavy atom. The normalized spacial score (nSPS) is 13.8. The Kier molecular flexibility index (Phi) is 3.65. The minimum atomic E-state index is -1.11. The van der Waals surface area contributed by atoms with E-state index in [2.05, 4.69) is 20.1 Å². The smallest absolute Gasteiger partial charge is 0.354 e. The number of fused-ring (bicyclic) bond motifs is 1. The number of aromatic nitrogens is 5. The van der Waals surface area contributed by atoms with Crippen LogP contribution in [0.4, 0.5) is 4.39 Å². The molecule has 0 radical (unpaired) electrons. The molecule has 7 nitrogen and oxygen atoms in total. The molecule has 0 unspecified atom stereocenters. The van der Waals surface area contributed by atoms with Crippen molar-refractivity contribution in [2.45, 2.75) is 18.8 Å². The lowest BCUT2D eigenvalue weighted by molar-refractivity contribution is 0.0690. The Morgan fingerprint density at radius 1 is 1.11 bits per heavy atom. The summed E-state index contributed by atoms with van der Waals surface area (Å²) in [6, 6.07) is 7.89. The first-order chi connectivity index (χ1) is 13.6. The van der Waals surface area contributed by atoms with Gasteiger partial charge in [-0.1, -0.05) is 18.2 Å². The molecular weight excluding hydrogens is 361 g/mol. The first-order valence-corrected chi connectivity index (χ1v) is 8.81. The maximum atomic E-state index is 14.0. The van der Waals surface area contributed by atoms with Crippen molar-refractivity contribution in [3.05, 3.63) is 66.1 Å². The van der Waals surface area contributed by atoms with E-state index in [0.29, 0.717) is 28.5 Å². The standard InChI is InChI=1S/C20H14FN5O2/c21-15-4-2-1-3-13(15)12-8-23-20(24-9-12)26-17-7-16(19(27)28)22-10-14(17)18(25-26)11-5-6-11/h1-4,7-11H,5-6H2,(H,27,28). The van der Waals surface area contributed by atoms with Gasteiger partial charge in [-0.25, -0.2) is 24.1 Å². The van der Waals surface area contributed by atoms with Crippen LogP contribution in [0, 0.1) is 5.82 Å². The van der Waals surface area contributed by atoms with Crippen LogP contribution in [0.25, 0.3) is 28.0 Å². The Labute approximate surface area is 158 Å². The van der Waals surface area contributed by atoms with Crippen LogP contribution in [-0.2, 0) is 0 Å². The van der Waals surface area contributed by atoms with E-state index in [0.717, 1.165) is 23.9 Å². The number of halogens is 1. The molecule has 0 amide bonds. The summed E-state index contributed by atoms with van der Waals surface area (Å²) >= 11 is 0. The molecule has 138 valence electrons. The molecule has 0 bridgehead atoms. The average molecular weight is 375 g/mol. The van der Waals surface area contributed by atoms with E-state index < -0.39 is 5.97 Å². The largest absolute Gasteiger partial charge is 0.477 e. The number of rotatable bonds is 4. The molecule has 0 saturated heterocycles. The summed E-state index contributed by atoms with van der Waals surface area (Å²) < 4.78 is 15.5. The summed E-state index contributed by atoms with van der Waals surface area (Å²) in [6.07, 6.45) is 6.69. The van der Waals surface area contributed by atoms with Gasteiger partial charge in [-0.2, -0.15) is 9.78 Å². The van der Waals surface area contributed by atoms with Crippen molar-refractivity contribution in [3.63, 3.8) is 0 Å². The van der Waals surface area contributed by atoms with E-state index in [1.54, 1.807) is 24.4 Å². The Bertz CT molecular complexity index is 1220. The molecule has 0 atom stereocenters. The van der Waals surface area contributed by atoms with Crippen molar-refractivity contribution in [2.24, 2.45) is 0 Å². The number of carboxylic acid groups (broad SMARTS) is 1. The van der Waals surface area contributed by atoms with E-state index in [-0.39, 0.29) is 11.5 Å². The van der Waals surface area contributed by atoms with E-state index in [1.165, 1.54) is 29.2 Å². The second-order valence-electron chi connectivity index (χ2n) is 6.71. The van der Waals surface area contributed by atoms with Gasteiger partial charge in [0, 0.05) is 41.0 Å². The van der Waals surface area contributed by atoms with Gasteiger partial charge in [0.15, 0.2) is 0 Å². The van der Waals surface area contributed by atoms with E-state index in [9.17, 15) is 14.3 Å². The van der Waals surface area contributed by atoms with Gasteiger partial charge in [0.05, 0.1) is 11.2 Å². The van der Waals surface area contributed by atoms with Crippen LogP contribution in [0.5, 0.6) is 0 Å². The van der Waals surface area contributed by atoms with Crippen molar-refractivity contribution in [3.8, 4) is 17.1 Å². The maximum absolute atomic E-state index is 14.0. The molecule has 28 heavy (non-hydrogen) atoms. The van der Waals surface area contributed by atoms with Gasteiger partial charge in [-0.15, -0.1) is 0 Å². The monoisotopic (exact) mass is 375 g/mol. The molecule has 5 rings (SSSR count). The molecule has 1 aliphatic rings. The summed E-state index contributed by atoms with van der Waals surface area (Å²) in [5.41, 5.74) is 2.36. The van der Waals surface area contributed by atoms with Crippen molar-refractivity contribution in [1.29, 1.82) is 0 Å². The van der Waals surface area contributed by atoms with Gasteiger partial charge >= 0.3 is 5.97 Å². The third kappa shape index (κ3) is 2.70. The van der Waals surface area contributed by atoms with Crippen LogP contribution in [0.1, 0.15) is 34.9 Å². The molecule has 1 fully saturated rings. The molecule has 1 aliphatic carbocycles. The highest BCUT2D eigenvalue weighted by Crippen LogP contribution is 2.42. The highest BCUT2D eigenvalue weighted by atomic mass is 19.1. The number of hydrogen-bond donors (Lipinski definition) is 1. The Morgan fingerprint density at radius 3 is 2.54 bits per heavy atom. The second kappa shape index (κ2) is 6.19. The fourth-order valence-electron chi connectivity index (χ4n) is 3.23. The number of carboxylic acids is 1. The topological polar surface area (TPSA) is 93.8 Å². The lowest BCUT2D eigenvalue weighted by atomic mass is 10.1. The van der Waals surface area contributed by atoms with Crippen LogP contribution in [0.15, 0.2) is 48.9 Å². The minimum Gasteiger partial charge on any atom is -0.477 e. The van der Waals surface area contributed by atoms with Crippen LogP contribution < -0.4 is 0 Å². The van der Waals surface area contributed by atoms with E-state index >= 15 is 0 Å². The Hall–Kier alpha value is -3.68. The molecular formula is C20H14FN5O2. The zero-order chi connectivity index (χ0) is 19.3. The van der Waals surface area contributed by atoms with Gasteiger partial charge in [0.1, 0.15) is 11.5 Å². The molecule has 0 spiro atoms. The SMILES string of the molecule is O=C(O)c1cc2c(cn1)c(C1CC1)nn2-c1ncc(-c2ccccc2F)cn1. The van der Waals surface area contributed by atoms with Crippen molar-refractivity contribution >= 4 is 16.9 Å². The number of hydrogen-bond acceptors (Lipinski definition) is 5. The first-order valence-electron chi connectivity index (χ1n) is 8.81. The molecule has 3 aromatic heterocycles. The molecule has 1 aromatic carbocycles. The molecule has 4 aromatic rings. The van der Waals surface area contributed by atoms with Gasteiger partial charge < -0.3 is 5.11 Å². The van der Waals surface area contributed by atoms with Gasteiger partial charge in [-0.05, 0) is 25.0 Å². The van der Waals surface area contributed by atoms with Crippen molar-refractivity contribution in [1.82, 2.24) is 24.7 Å². The predicted octanol–water partition coefficient (Wildman–Crippen LogP) is 3.59. The number of benzene rings is 1. The summed E-state index contributed by atoms with van der Waals surface area (Å²) in [4.78, 5) is 24.0. The zero-order valence-corrected chi connectivity index (χ0v) is 14.6. The highest BCUT2D eigenvalue weighted by Gasteiger charge is 2.30. The Balaban J connectivity index is 1.63. The summed E-state index contributed by atoms with van der Waals surface area (Å²) in [5, 5.41) is 14.7. The number of carbonyl (C=O) groups is 1. The highest BCUT2D eigenvalue weighted by molar-refractivity contribution is 5.92. The molecule has 1 saturated carbocycles. The third-order valence-corrected chi connectivity index (χ3v) is 4.79.